The van der Waals surface area contributed by atoms with Crippen molar-refractivity contribution >= 4 is 47.2 Å². The minimum absolute atomic E-state index is 0.00581. The van der Waals surface area contributed by atoms with Crippen LogP contribution in [0.4, 0.5) is 0 Å². The first-order valence-electron chi connectivity index (χ1n) is 16.8. The highest BCUT2D eigenvalue weighted by Gasteiger charge is 2.41. The van der Waals surface area contributed by atoms with Crippen molar-refractivity contribution in [2.24, 2.45) is 16.8 Å². The fourth-order valence-corrected chi connectivity index (χ4v) is 6.23. The van der Waals surface area contributed by atoms with E-state index in [1.54, 1.807) is 24.3 Å². The van der Waals surface area contributed by atoms with Crippen LogP contribution in [-0.4, -0.2) is 95.7 Å². The summed E-state index contributed by atoms with van der Waals surface area (Å²) in [5, 5.41) is 14.0. The number of carbonyl (C=O) groups excluding carboxylic acids is 6. The number of hydrogen-bond acceptors (Lipinski definition) is 8. The molecule has 6 N–H and O–H groups in total. The Morgan fingerprint density at radius 3 is 2.00 bits per heavy atom. The number of nitrogens with one attached hydrogen (secondary N) is 4. The number of likely N-dealkylation sites (tertiary alicyclic amines) is 1. The molecule has 0 aromatic heterocycles. The van der Waals surface area contributed by atoms with Crippen LogP contribution >= 0.6 is 11.8 Å². The molecule has 3 rings (SSSR count). The van der Waals surface area contributed by atoms with Gasteiger partial charge in [-0.05, 0) is 59.0 Å². The first-order valence-corrected chi connectivity index (χ1v) is 18.2. The molecule has 274 valence electrons. The minimum atomic E-state index is -1.12. The molecule has 0 saturated carbocycles. The van der Waals surface area contributed by atoms with Crippen molar-refractivity contribution in [2.45, 2.75) is 76.2 Å². The minimum Gasteiger partial charge on any atom is -0.344 e. The fourth-order valence-electron chi connectivity index (χ4n) is 5.76. The van der Waals surface area contributed by atoms with Gasteiger partial charge in [0.2, 0.25) is 35.4 Å². The number of azide groups is 1. The molecule has 1 fully saturated rings. The molecule has 15 nitrogen and oxygen atoms in total. The Morgan fingerprint density at radius 2 is 1.47 bits per heavy atom. The maximum absolute atomic E-state index is 13.9. The molecule has 2 aromatic rings. The van der Waals surface area contributed by atoms with Gasteiger partial charge in [-0.15, -0.1) is 0 Å². The zero-order valence-electron chi connectivity index (χ0n) is 29.1. The number of nitrogens with two attached hydrogens (primary N) is 1. The molecule has 1 heterocycles. The molecule has 1 aliphatic heterocycles. The van der Waals surface area contributed by atoms with E-state index in [0.29, 0.717) is 5.75 Å². The second-order valence-electron chi connectivity index (χ2n) is 12.7. The standard InChI is InChI=1S/C35H47N9O6S/c1-22(2)18-29(34(49)39-25(15-17-51-3)33(48)42-43-37)44-16-14-26(35(44)50)40-32(47)28(20-24-12-8-5-9-13-24)41-31(46)27(38-30(45)21-36)19-23-10-6-4-7-11-23/h4-13,22,25-29H,14-21,36H2,1-3H3,(H,38,45)(H,39,49)(H,40,47)(H,41,46)/t25-,26+,27-,28-,29+/m0/s1. The van der Waals surface area contributed by atoms with Crippen LogP contribution in [0.3, 0.4) is 0 Å². The Labute approximate surface area is 301 Å². The van der Waals surface area contributed by atoms with Gasteiger partial charge in [0.25, 0.3) is 0 Å². The van der Waals surface area contributed by atoms with Crippen LogP contribution in [0.1, 0.15) is 44.2 Å². The number of nitrogens with zero attached hydrogens (tertiary/aromatic N) is 4. The topological polar surface area (TPSA) is 229 Å². The molecule has 6 amide bonds. The molecular weight excluding hydrogens is 675 g/mol. The fraction of sp³-hybridized carbons (Fsp3) is 0.486. The maximum Gasteiger partial charge on any atom is 0.245 e. The lowest BCUT2D eigenvalue weighted by atomic mass is 10.0. The molecule has 1 aliphatic rings. The SMILES string of the molecule is CSCC[C@H](NC(=O)[C@@H](CC(C)C)N1CC[C@@H](NC(=O)[C@H](Cc2ccccc2)NC(=O)[C@H](Cc2ccccc2)NC(=O)CN)C1=O)C(=O)N=[N+]=[N-]. The normalized spacial score (nSPS) is 16.3. The summed E-state index contributed by atoms with van der Waals surface area (Å²) in [5.74, 6) is -3.09. The van der Waals surface area contributed by atoms with Gasteiger partial charge >= 0.3 is 0 Å². The number of benzene rings is 2. The van der Waals surface area contributed by atoms with Crippen LogP contribution in [0.25, 0.3) is 10.4 Å². The molecule has 2 aromatic carbocycles. The molecule has 0 radical (unpaired) electrons. The molecule has 51 heavy (non-hydrogen) atoms. The molecule has 0 unspecified atom stereocenters. The van der Waals surface area contributed by atoms with Crippen molar-refractivity contribution in [3.63, 3.8) is 0 Å². The van der Waals surface area contributed by atoms with Crippen molar-refractivity contribution in [3.05, 3.63) is 82.2 Å². The summed E-state index contributed by atoms with van der Waals surface area (Å²) in [5.41, 5.74) is 15.8. The largest absolute Gasteiger partial charge is 0.344 e. The Morgan fingerprint density at radius 1 is 0.902 bits per heavy atom. The lowest BCUT2D eigenvalue weighted by molar-refractivity contribution is -0.141. The van der Waals surface area contributed by atoms with E-state index in [0.717, 1.165) is 11.1 Å². The monoisotopic (exact) mass is 721 g/mol. The third kappa shape index (κ3) is 12.7. The van der Waals surface area contributed by atoms with E-state index in [1.165, 1.54) is 16.7 Å². The van der Waals surface area contributed by atoms with Gasteiger partial charge in [-0.25, -0.2) is 0 Å². The lowest BCUT2D eigenvalue weighted by Gasteiger charge is -2.30. The average molecular weight is 722 g/mol. The predicted molar refractivity (Wildman–Crippen MR) is 194 cm³/mol. The highest BCUT2D eigenvalue weighted by Crippen LogP contribution is 2.21. The molecule has 16 heteroatoms. The zero-order valence-corrected chi connectivity index (χ0v) is 29.9. The maximum atomic E-state index is 13.9. The number of amides is 6. The van der Waals surface area contributed by atoms with E-state index in [2.05, 4.69) is 31.3 Å². The third-order valence-electron chi connectivity index (χ3n) is 8.33. The van der Waals surface area contributed by atoms with Crippen molar-refractivity contribution in [3.8, 4) is 0 Å². The molecular formula is C35H47N9O6S. The van der Waals surface area contributed by atoms with Crippen LogP contribution in [0, 0.1) is 5.92 Å². The van der Waals surface area contributed by atoms with Crippen molar-refractivity contribution in [2.75, 3.05) is 25.1 Å². The van der Waals surface area contributed by atoms with Gasteiger partial charge in [-0.3, -0.25) is 28.8 Å². The van der Waals surface area contributed by atoms with Crippen LogP contribution < -0.4 is 27.0 Å². The summed E-state index contributed by atoms with van der Waals surface area (Å²) in [6.07, 6.45) is 2.82. The van der Waals surface area contributed by atoms with Crippen LogP contribution in [0.5, 0.6) is 0 Å². The second-order valence-corrected chi connectivity index (χ2v) is 13.6. The number of rotatable bonds is 19. The number of carbonyl (C=O) groups is 6. The summed E-state index contributed by atoms with van der Waals surface area (Å²) < 4.78 is 0. The van der Waals surface area contributed by atoms with E-state index in [-0.39, 0.29) is 51.1 Å². The van der Waals surface area contributed by atoms with Gasteiger partial charge in [-0.2, -0.15) is 11.8 Å². The third-order valence-corrected chi connectivity index (χ3v) is 8.98. The molecule has 0 bridgehead atoms. The van der Waals surface area contributed by atoms with Crippen LogP contribution in [0.15, 0.2) is 65.8 Å². The highest BCUT2D eigenvalue weighted by atomic mass is 32.2. The van der Waals surface area contributed by atoms with Gasteiger partial charge in [-0.1, -0.05) is 74.5 Å². The van der Waals surface area contributed by atoms with Crippen LogP contribution in [0.2, 0.25) is 0 Å². The molecule has 0 spiro atoms. The van der Waals surface area contributed by atoms with Crippen molar-refractivity contribution in [1.82, 2.24) is 26.2 Å². The average Bonchev–Trinajstić information content (AvgIpc) is 3.47. The van der Waals surface area contributed by atoms with Gasteiger partial charge in [0.05, 0.1) is 12.6 Å². The highest BCUT2D eigenvalue weighted by molar-refractivity contribution is 7.98. The number of hydrogen-bond donors (Lipinski definition) is 5. The Hall–Kier alpha value is -4.92. The van der Waals surface area contributed by atoms with Gasteiger partial charge in [0.15, 0.2) is 0 Å². The first-order chi connectivity index (χ1) is 24.5. The second kappa shape index (κ2) is 20.7. The summed E-state index contributed by atoms with van der Waals surface area (Å²) in [7, 11) is 0. The van der Waals surface area contributed by atoms with Gasteiger partial charge in [0, 0.05) is 24.3 Å². The Kier molecular flexibility index (Phi) is 16.4. The molecule has 1 saturated heterocycles. The predicted octanol–water partition coefficient (Wildman–Crippen LogP) is 1.61. The van der Waals surface area contributed by atoms with Crippen molar-refractivity contribution < 1.29 is 28.8 Å². The van der Waals surface area contributed by atoms with Crippen LogP contribution in [-0.2, 0) is 41.6 Å². The van der Waals surface area contributed by atoms with E-state index in [9.17, 15) is 28.8 Å². The van der Waals surface area contributed by atoms with Crippen molar-refractivity contribution in [1.29, 1.82) is 0 Å². The quantitative estimate of drug-likeness (QED) is 0.0811. The summed E-state index contributed by atoms with van der Waals surface area (Å²) in [6.45, 7) is 3.63. The Balaban J connectivity index is 1.80. The summed E-state index contributed by atoms with van der Waals surface area (Å²) >= 11 is 1.46. The zero-order chi connectivity index (χ0) is 37.3. The van der Waals surface area contributed by atoms with Gasteiger partial charge < -0.3 is 31.9 Å². The van der Waals surface area contributed by atoms with E-state index in [4.69, 9.17) is 11.3 Å². The smallest absolute Gasteiger partial charge is 0.245 e. The molecule has 5 atom stereocenters. The molecule has 0 aliphatic carbocycles. The van der Waals surface area contributed by atoms with Gasteiger partial charge in [0.1, 0.15) is 24.2 Å². The summed E-state index contributed by atoms with van der Waals surface area (Å²) in [6, 6.07) is 13.0. The van der Waals surface area contributed by atoms with E-state index >= 15 is 0 Å². The lowest BCUT2D eigenvalue weighted by Crippen LogP contribution is -2.58. The van der Waals surface area contributed by atoms with E-state index < -0.39 is 65.7 Å². The Bertz CT molecular complexity index is 1560. The number of thioether (sulfide) groups is 1. The summed E-state index contributed by atoms with van der Waals surface area (Å²) in [4.78, 5) is 83.5. The first kappa shape index (κ1) is 40.5. The van der Waals surface area contributed by atoms with E-state index in [1.807, 2.05) is 56.5 Å².